The number of hydrogen-bond donors (Lipinski definition) is 3. The van der Waals surface area contributed by atoms with Crippen LogP contribution in [0.25, 0.3) is 11.1 Å². The number of hydrogen-bond acceptors (Lipinski definition) is 3. The fraction of sp³-hybridized carbons (Fsp3) is 0.143. The average molecular weight is 228 g/mol. The lowest BCUT2D eigenvalue weighted by Crippen LogP contribution is -1.94. The molecule has 0 unspecified atom stereocenters. The topological polar surface area (TPSA) is 72.3 Å². The third-order valence-electron chi connectivity index (χ3n) is 2.74. The fourth-order valence-corrected chi connectivity index (χ4v) is 1.80. The van der Waals surface area contributed by atoms with Crippen LogP contribution >= 0.6 is 0 Å². The Morgan fingerprint density at radius 2 is 1.65 bits per heavy atom. The smallest absolute Gasteiger partial charge is 0.0471 e. The zero-order chi connectivity index (χ0) is 12.3. The predicted molar refractivity (Wildman–Crippen MR) is 71.5 cm³/mol. The zero-order valence-electron chi connectivity index (χ0n) is 9.56. The van der Waals surface area contributed by atoms with Gasteiger partial charge in [0.25, 0.3) is 0 Å². The molecule has 0 saturated carbocycles. The molecule has 5 N–H and O–H groups in total. The highest BCUT2D eigenvalue weighted by atomic mass is 16.2. The number of aliphatic hydroxyl groups excluding tert-OH is 1. The molecular formula is C14H16N2O. The maximum atomic E-state index is 8.85. The molecule has 0 atom stereocenters. The number of aliphatic hydroxyl groups is 1. The highest BCUT2D eigenvalue weighted by molar-refractivity contribution is 5.79. The lowest BCUT2D eigenvalue weighted by molar-refractivity contribution is 0.299. The summed E-state index contributed by atoms with van der Waals surface area (Å²) in [5.74, 6) is 0. The minimum absolute atomic E-state index is 0.166. The van der Waals surface area contributed by atoms with Crippen LogP contribution in [0.4, 0.5) is 11.4 Å². The number of rotatable bonds is 3. The summed E-state index contributed by atoms with van der Waals surface area (Å²) in [5.41, 5.74) is 16.2. The van der Waals surface area contributed by atoms with Crippen molar-refractivity contribution >= 4 is 11.4 Å². The molecule has 0 bridgehead atoms. The second-order valence-corrected chi connectivity index (χ2v) is 4.02. The molecule has 0 aliphatic heterocycles. The van der Waals surface area contributed by atoms with Crippen molar-refractivity contribution in [2.24, 2.45) is 0 Å². The number of nitrogens with two attached hydrogens (primary N) is 2. The van der Waals surface area contributed by atoms with Gasteiger partial charge in [0.05, 0.1) is 0 Å². The summed E-state index contributed by atoms with van der Waals surface area (Å²) in [6.07, 6.45) is 0.673. The van der Waals surface area contributed by atoms with Gasteiger partial charge in [-0.2, -0.15) is 0 Å². The Morgan fingerprint density at radius 1 is 0.941 bits per heavy atom. The SMILES string of the molecule is Nc1ccc(N)c(-c2ccc(CCO)cc2)c1. The molecule has 17 heavy (non-hydrogen) atoms. The van der Waals surface area contributed by atoms with Crippen LogP contribution in [-0.4, -0.2) is 11.7 Å². The first-order valence-corrected chi connectivity index (χ1v) is 5.56. The van der Waals surface area contributed by atoms with Crippen LogP contribution in [0.3, 0.4) is 0 Å². The van der Waals surface area contributed by atoms with Gasteiger partial charge in [0.2, 0.25) is 0 Å². The third-order valence-corrected chi connectivity index (χ3v) is 2.74. The van der Waals surface area contributed by atoms with Crippen molar-refractivity contribution < 1.29 is 5.11 Å². The van der Waals surface area contributed by atoms with Gasteiger partial charge in [0, 0.05) is 23.5 Å². The molecule has 0 aliphatic rings. The van der Waals surface area contributed by atoms with E-state index in [0.29, 0.717) is 17.8 Å². The first-order valence-electron chi connectivity index (χ1n) is 5.56. The minimum atomic E-state index is 0.166. The first kappa shape index (κ1) is 11.5. The van der Waals surface area contributed by atoms with Gasteiger partial charge in [-0.15, -0.1) is 0 Å². The van der Waals surface area contributed by atoms with Gasteiger partial charge in [-0.1, -0.05) is 24.3 Å². The average Bonchev–Trinajstić information content (AvgIpc) is 2.34. The van der Waals surface area contributed by atoms with E-state index in [0.717, 1.165) is 16.7 Å². The van der Waals surface area contributed by atoms with Crippen molar-refractivity contribution in [1.82, 2.24) is 0 Å². The molecular weight excluding hydrogens is 212 g/mol. The van der Waals surface area contributed by atoms with Crippen LogP contribution in [0.2, 0.25) is 0 Å². The van der Waals surface area contributed by atoms with Crippen molar-refractivity contribution in [3.8, 4) is 11.1 Å². The summed E-state index contributed by atoms with van der Waals surface area (Å²) in [6, 6.07) is 13.5. The molecule has 0 saturated heterocycles. The van der Waals surface area contributed by atoms with Crippen LogP contribution in [0, 0.1) is 0 Å². The van der Waals surface area contributed by atoms with Crippen molar-refractivity contribution in [3.63, 3.8) is 0 Å². The van der Waals surface area contributed by atoms with E-state index in [9.17, 15) is 0 Å². The summed E-state index contributed by atoms with van der Waals surface area (Å²) in [4.78, 5) is 0. The molecule has 88 valence electrons. The molecule has 0 aromatic heterocycles. The lowest BCUT2D eigenvalue weighted by atomic mass is 10.0. The fourth-order valence-electron chi connectivity index (χ4n) is 1.80. The molecule has 3 nitrogen and oxygen atoms in total. The van der Waals surface area contributed by atoms with Crippen LogP contribution in [0.15, 0.2) is 42.5 Å². The second kappa shape index (κ2) is 4.89. The normalized spacial score (nSPS) is 10.4. The molecule has 0 radical (unpaired) electrons. The molecule has 0 fully saturated rings. The monoisotopic (exact) mass is 228 g/mol. The van der Waals surface area contributed by atoms with E-state index in [1.807, 2.05) is 36.4 Å². The summed E-state index contributed by atoms with van der Waals surface area (Å²) >= 11 is 0. The highest BCUT2D eigenvalue weighted by Gasteiger charge is 2.03. The Morgan fingerprint density at radius 3 is 2.29 bits per heavy atom. The molecule has 2 aromatic rings. The minimum Gasteiger partial charge on any atom is -0.399 e. The molecule has 2 aromatic carbocycles. The maximum absolute atomic E-state index is 8.85. The Bertz CT molecular complexity index is 506. The van der Waals surface area contributed by atoms with Gasteiger partial charge < -0.3 is 16.6 Å². The number of anilines is 2. The van der Waals surface area contributed by atoms with E-state index in [1.54, 1.807) is 6.07 Å². The van der Waals surface area contributed by atoms with E-state index < -0.39 is 0 Å². The van der Waals surface area contributed by atoms with Gasteiger partial charge in [-0.25, -0.2) is 0 Å². The molecule has 3 heteroatoms. The maximum Gasteiger partial charge on any atom is 0.0471 e. The highest BCUT2D eigenvalue weighted by Crippen LogP contribution is 2.28. The van der Waals surface area contributed by atoms with Crippen molar-refractivity contribution in [3.05, 3.63) is 48.0 Å². The summed E-state index contributed by atoms with van der Waals surface area (Å²) in [5, 5.41) is 8.85. The largest absolute Gasteiger partial charge is 0.399 e. The van der Waals surface area contributed by atoms with Crippen molar-refractivity contribution in [2.75, 3.05) is 18.1 Å². The second-order valence-electron chi connectivity index (χ2n) is 4.02. The van der Waals surface area contributed by atoms with Crippen molar-refractivity contribution in [2.45, 2.75) is 6.42 Å². The molecule has 2 rings (SSSR count). The van der Waals surface area contributed by atoms with Gasteiger partial charge in [-0.05, 0) is 35.7 Å². The summed E-state index contributed by atoms with van der Waals surface area (Å²) in [7, 11) is 0. The van der Waals surface area contributed by atoms with E-state index in [4.69, 9.17) is 16.6 Å². The van der Waals surface area contributed by atoms with Gasteiger partial charge in [-0.3, -0.25) is 0 Å². The Hall–Kier alpha value is -2.00. The Balaban J connectivity index is 2.36. The van der Waals surface area contributed by atoms with Crippen LogP contribution in [-0.2, 0) is 6.42 Å². The summed E-state index contributed by atoms with van der Waals surface area (Å²) < 4.78 is 0. The van der Waals surface area contributed by atoms with E-state index in [2.05, 4.69) is 0 Å². The predicted octanol–water partition coefficient (Wildman–Crippen LogP) is 2.05. The lowest BCUT2D eigenvalue weighted by Gasteiger charge is -2.08. The Labute approximate surface area is 101 Å². The van der Waals surface area contributed by atoms with E-state index in [-0.39, 0.29) is 6.61 Å². The van der Waals surface area contributed by atoms with Crippen LogP contribution < -0.4 is 11.5 Å². The van der Waals surface area contributed by atoms with Crippen LogP contribution in [0.5, 0.6) is 0 Å². The first-order chi connectivity index (χ1) is 8.20. The number of nitrogen functional groups attached to an aromatic ring is 2. The van der Waals surface area contributed by atoms with Crippen molar-refractivity contribution in [1.29, 1.82) is 0 Å². The Kier molecular flexibility index (Phi) is 3.30. The van der Waals surface area contributed by atoms with Gasteiger partial charge in [0.1, 0.15) is 0 Å². The zero-order valence-corrected chi connectivity index (χ0v) is 9.56. The quantitative estimate of drug-likeness (QED) is 0.704. The van der Waals surface area contributed by atoms with Crippen LogP contribution in [0.1, 0.15) is 5.56 Å². The molecule has 0 heterocycles. The molecule has 0 amide bonds. The van der Waals surface area contributed by atoms with Gasteiger partial charge in [0.15, 0.2) is 0 Å². The van der Waals surface area contributed by atoms with Gasteiger partial charge >= 0.3 is 0 Å². The third kappa shape index (κ3) is 2.57. The van der Waals surface area contributed by atoms with E-state index in [1.165, 1.54) is 0 Å². The standard InChI is InChI=1S/C14H16N2O/c15-12-5-6-14(16)13(9-12)11-3-1-10(2-4-11)7-8-17/h1-6,9,17H,7-8,15-16H2. The number of benzene rings is 2. The molecule has 0 aliphatic carbocycles. The summed E-state index contributed by atoms with van der Waals surface area (Å²) in [6.45, 7) is 0.166. The molecule has 0 spiro atoms. The van der Waals surface area contributed by atoms with E-state index >= 15 is 0 Å².